The number of hydrogen-bond donors (Lipinski definition) is 1. The lowest BCUT2D eigenvalue weighted by atomic mass is 9.86. The zero-order valence-electron chi connectivity index (χ0n) is 23.6. The first-order valence-corrected chi connectivity index (χ1v) is 14.2. The van der Waals surface area contributed by atoms with Crippen LogP contribution in [0.3, 0.4) is 0 Å². The molecule has 0 bridgehead atoms. The molecule has 1 heterocycles. The van der Waals surface area contributed by atoms with Crippen LogP contribution in [0.15, 0.2) is 113 Å². The molecule has 0 radical (unpaired) electrons. The molecule has 0 saturated heterocycles. The molecule has 0 saturated carbocycles. The third-order valence-electron chi connectivity index (χ3n) is 6.73. The van der Waals surface area contributed by atoms with E-state index in [2.05, 4.69) is 115 Å². The van der Waals surface area contributed by atoms with Crippen LogP contribution in [0.4, 0.5) is 0 Å². The highest BCUT2D eigenvalue weighted by Crippen LogP contribution is 2.35. The van der Waals surface area contributed by atoms with Gasteiger partial charge in [-0.1, -0.05) is 107 Å². The van der Waals surface area contributed by atoms with Crippen LogP contribution in [0.25, 0.3) is 27.6 Å². The van der Waals surface area contributed by atoms with Crippen molar-refractivity contribution in [1.29, 1.82) is 0 Å². The molecule has 3 aromatic rings. The molecular formula is C35H44N2. The molecule has 194 valence electrons. The number of allylic oxidation sites excluding steroid dienone is 10. The maximum absolute atomic E-state index is 3.87. The van der Waals surface area contributed by atoms with Crippen molar-refractivity contribution in [3.05, 3.63) is 113 Å². The second kappa shape index (κ2) is 14.3. The Morgan fingerprint density at radius 1 is 0.838 bits per heavy atom. The molecule has 2 heteroatoms. The van der Waals surface area contributed by atoms with E-state index in [1.165, 1.54) is 45.1 Å². The quantitative estimate of drug-likeness (QED) is 0.339. The Bertz CT molecular complexity index is 1320. The van der Waals surface area contributed by atoms with Gasteiger partial charge in [0, 0.05) is 16.5 Å². The summed E-state index contributed by atoms with van der Waals surface area (Å²) in [4.78, 5) is 0. The summed E-state index contributed by atoms with van der Waals surface area (Å²) in [6, 6.07) is 17.4. The van der Waals surface area contributed by atoms with Crippen LogP contribution >= 0.6 is 0 Å². The molecule has 0 atom stereocenters. The summed E-state index contributed by atoms with van der Waals surface area (Å²) < 4.78 is 2.36. The van der Waals surface area contributed by atoms with Crippen molar-refractivity contribution in [1.82, 2.24) is 9.88 Å². The monoisotopic (exact) mass is 492 g/mol. The van der Waals surface area contributed by atoms with Crippen LogP contribution in [0.5, 0.6) is 0 Å². The first-order chi connectivity index (χ1) is 18.3. The van der Waals surface area contributed by atoms with Gasteiger partial charge in [-0.25, -0.2) is 0 Å². The Morgan fingerprint density at radius 3 is 2.05 bits per heavy atom. The van der Waals surface area contributed by atoms with Crippen molar-refractivity contribution in [3.63, 3.8) is 0 Å². The summed E-state index contributed by atoms with van der Waals surface area (Å²) in [5, 5.41) is 6.42. The number of fused-ring (bicyclic) bond motifs is 3. The summed E-state index contributed by atoms with van der Waals surface area (Å²) >= 11 is 0. The van der Waals surface area contributed by atoms with Gasteiger partial charge in [0.05, 0.1) is 11.0 Å². The van der Waals surface area contributed by atoms with Gasteiger partial charge in [-0.05, 0) is 74.5 Å². The minimum absolute atomic E-state index is 1.07. The predicted molar refractivity (Wildman–Crippen MR) is 165 cm³/mol. The summed E-state index contributed by atoms with van der Waals surface area (Å²) in [6.07, 6.45) is 21.3. The molecule has 2 nitrogen and oxygen atoms in total. The van der Waals surface area contributed by atoms with Crippen molar-refractivity contribution >= 4 is 27.6 Å². The summed E-state index contributed by atoms with van der Waals surface area (Å²) in [5.41, 5.74) is 8.12. The van der Waals surface area contributed by atoms with Crippen molar-refractivity contribution in [2.75, 3.05) is 0 Å². The first kappa shape index (κ1) is 28.1. The van der Waals surface area contributed by atoms with Gasteiger partial charge in [-0.3, -0.25) is 4.57 Å². The fourth-order valence-corrected chi connectivity index (χ4v) is 5.13. The minimum Gasteiger partial charge on any atom is -0.341 e. The van der Waals surface area contributed by atoms with Gasteiger partial charge in [0.15, 0.2) is 0 Å². The minimum atomic E-state index is 1.07. The first-order valence-electron chi connectivity index (χ1n) is 14.2. The number of rotatable bonds is 6. The maximum Gasteiger partial charge on any atom is 0.115 e. The van der Waals surface area contributed by atoms with Gasteiger partial charge < -0.3 is 5.32 Å². The average molecular weight is 493 g/mol. The van der Waals surface area contributed by atoms with Crippen LogP contribution in [-0.4, -0.2) is 4.57 Å². The van der Waals surface area contributed by atoms with E-state index in [1.807, 2.05) is 27.7 Å². The predicted octanol–water partition coefficient (Wildman–Crippen LogP) is 10.5. The Morgan fingerprint density at radius 2 is 1.43 bits per heavy atom. The largest absolute Gasteiger partial charge is 0.341 e. The van der Waals surface area contributed by atoms with E-state index in [4.69, 9.17) is 0 Å². The van der Waals surface area contributed by atoms with Gasteiger partial charge in [-0.2, -0.15) is 0 Å². The second-order valence-corrected chi connectivity index (χ2v) is 8.72. The Hall–Kier alpha value is -3.52. The van der Waals surface area contributed by atoms with Gasteiger partial charge in [0.1, 0.15) is 5.82 Å². The van der Waals surface area contributed by atoms with Crippen molar-refractivity contribution < 1.29 is 0 Å². The molecule has 2 aliphatic carbocycles. The van der Waals surface area contributed by atoms with Crippen molar-refractivity contribution in [2.24, 2.45) is 0 Å². The number of nitrogens with zero attached hydrogens (tertiary/aromatic N) is 1. The smallest absolute Gasteiger partial charge is 0.115 e. The number of aromatic nitrogens is 1. The molecule has 0 fully saturated rings. The van der Waals surface area contributed by atoms with Crippen molar-refractivity contribution in [2.45, 2.75) is 73.6 Å². The van der Waals surface area contributed by atoms with Crippen LogP contribution in [0.1, 0.15) is 73.6 Å². The van der Waals surface area contributed by atoms with E-state index in [1.54, 1.807) is 5.57 Å². The number of nitrogens with one attached hydrogen (secondary N) is 1. The summed E-state index contributed by atoms with van der Waals surface area (Å²) in [5.74, 6) is 1.07. The normalized spacial score (nSPS) is 15.7. The van der Waals surface area contributed by atoms with Gasteiger partial charge in [0.25, 0.3) is 0 Å². The van der Waals surface area contributed by atoms with Gasteiger partial charge >= 0.3 is 0 Å². The average Bonchev–Trinajstić information content (AvgIpc) is 3.32. The molecule has 0 amide bonds. The number of benzene rings is 2. The van der Waals surface area contributed by atoms with E-state index < -0.39 is 0 Å². The lowest BCUT2D eigenvalue weighted by Gasteiger charge is -2.24. The molecule has 2 aliphatic rings. The molecule has 1 N–H and O–H groups in total. The molecule has 0 spiro atoms. The molecule has 5 rings (SSSR count). The molecule has 37 heavy (non-hydrogen) atoms. The van der Waals surface area contributed by atoms with Crippen LogP contribution < -0.4 is 5.32 Å². The van der Waals surface area contributed by atoms with Crippen LogP contribution in [0, 0.1) is 0 Å². The lowest BCUT2D eigenvalue weighted by molar-refractivity contribution is 0.845. The topological polar surface area (TPSA) is 17.0 Å². The number of para-hydroxylation sites is 2. The highest BCUT2D eigenvalue weighted by molar-refractivity contribution is 6.10. The van der Waals surface area contributed by atoms with Gasteiger partial charge in [-0.15, -0.1) is 0 Å². The fraction of sp³-hybridized carbons (Fsp3) is 0.314. The highest BCUT2D eigenvalue weighted by Gasteiger charge is 2.19. The zero-order chi connectivity index (χ0) is 26.6. The second-order valence-electron chi connectivity index (χ2n) is 8.72. The molecule has 0 unspecified atom stereocenters. The summed E-state index contributed by atoms with van der Waals surface area (Å²) in [7, 11) is 0. The molecule has 0 aliphatic heterocycles. The summed E-state index contributed by atoms with van der Waals surface area (Å²) in [6.45, 7) is 12.4. The van der Waals surface area contributed by atoms with E-state index in [-0.39, 0.29) is 0 Å². The van der Waals surface area contributed by atoms with Crippen LogP contribution in [-0.2, 0) is 0 Å². The van der Waals surface area contributed by atoms with E-state index in [0.717, 1.165) is 31.5 Å². The SMILES string of the molecule is C/C=C\C=C(/NC1=C(C2=C(CC)CCC=C2)CCC=C1)n1c2ccccc2c2ccccc21.CC.CC. The fourth-order valence-electron chi connectivity index (χ4n) is 5.13. The van der Waals surface area contributed by atoms with Crippen molar-refractivity contribution in [3.8, 4) is 0 Å². The standard InChI is InChI=1S/C31H32N2.2C2H6/c1-3-5-22-31(33-29-20-12-9-17-26(29)27-18-10-13-21-30(27)33)32-28-19-11-8-16-25(28)24-15-7-6-14-23(24)4-2;2*1-2/h3,5,7,9-13,15,17-22,32H,4,6,8,14,16H2,1-2H3;2*1-2H3/b5-3-,31-22+;;. The number of hydrogen-bond acceptors (Lipinski definition) is 1. The van der Waals surface area contributed by atoms with Crippen LogP contribution in [0.2, 0.25) is 0 Å². The lowest BCUT2D eigenvalue weighted by Crippen LogP contribution is -2.19. The molecule has 1 aromatic heterocycles. The Kier molecular flexibility index (Phi) is 10.8. The highest BCUT2D eigenvalue weighted by atomic mass is 15.1. The van der Waals surface area contributed by atoms with E-state index >= 15 is 0 Å². The third-order valence-corrected chi connectivity index (χ3v) is 6.73. The van der Waals surface area contributed by atoms with Gasteiger partial charge in [0.2, 0.25) is 0 Å². The van der Waals surface area contributed by atoms with E-state index in [0.29, 0.717) is 0 Å². The Labute approximate surface area is 224 Å². The Balaban J connectivity index is 0.000000907. The zero-order valence-corrected chi connectivity index (χ0v) is 23.6. The molecular weight excluding hydrogens is 448 g/mol. The van der Waals surface area contributed by atoms with E-state index in [9.17, 15) is 0 Å². The molecule has 2 aromatic carbocycles. The third kappa shape index (κ3) is 6.07. The maximum atomic E-state index is 3.87.